The highest BCUT2D eigenvalue weighted by atomic mass is 16.5. The van der Waals surface area contributed by atoms with Crippen molar-refractivity contribution in [3.8, 4) is 0 Å². The molecule has 2 aromatic carbocycles. The van der Waals surface area contributed by atoms with Gasteiger partial charge in [0.15, 0.2) is 0 Å². The number of unbranched alkanes of at least 4 members (excludes halogenated alkanes) is 1. The SMILES string of the molecule is CCCC[C@H](C[C@@H]1O[C@H](c2ccccc2)[C@H](C)N1C)c1ccccc1. The molecule has 0 bridgehead atoms. The molecule has 0 aliphatic carbocycles. The monoisotopic (exact) mass is 337 g/mol. The van der Waals surface area contributed by atoms with Gasteiger partial charge in [-0.05, 0) is 43.9 Å². The first-order valence-electron chi connectivity index (χ1n) is 9.68. The van der Waals surface area contributed by atoms with Gasteiger partial charge in [-0.2, -0.15) is 0 Å². The second kappa shape index (κ2) is 8.64. The maximum Gasteiger partial charge on any atom is 0.112 e. The highest BCUT2D eigenvalue weighted by molar-refractivity contribution is 5.22. The van der Waals surface area contributed by atoms with E-state index in [1.54, 1.807) is 0 Å². The normalized spacial score (nSPS) is 25.2. The average Bonchev–Trinajstić information content (AvgIpc) is 2.95. The third-order valence-electron chi connectivity index (χ3n) is 5.63. The molecule has 1 fully saturated rings. The van der Waals surface area contributed by atoms with E-state index < -0.39 is 0 Å². The number of benzene rings is 2. The van der Waals surface area contributed by atoms with Crippen LogP contribution in [-0.2, 0) is 4.74 Å². The Hall–Kier alpha value is -1.64. The summed E-state index contributed by atoms with van der Waals surface area (Å²) in [4.78, 5) is 2.42. The summed E-state index contributed by atoms with van der Waals surface area (Å²) < 4.78 is 6.53. The van der Waals surface area contributed by atoms with Crippen molar-refractivity contribution in [2.45, 2.75) is 63.8 Å². The van der Waals surface area contributed by atoms with Gasteiger partial charge in [0.2, 0.25) is 0 Å². The number of likely N-dealkylation sites (N-methyl/N-ethyl adjacent to an activating group) is 1. The fourth-order valence-electron chi connectivity index (χ4n) is 3.92. The first-order chi connectivity index (χ1) is 12.2. The van der Waals surface area contributed by atoms with Crippen LogP contribution in [0.1, 0.15) is 62.7 Å². The Morgan fingerprint density at radius 1 is 1.00 bits per heavy atom. The van der Waals surface area contributed by atoms with Gasteiger partial charge in [-0.3, -0.25) is 4.90 Å². The number of nitrogens with zero attached hydrogens (tertiary/aromatic N) is 1. The van der Waals surface area contributed by atoms with Crippen molar-refractivity contribution in [3.05, 3.63) is 71.8 Å². The van der Waals surface area contributed by atoms with E-state index in [1.165, 1.54) is 30.4 Å². The Balaban J connectivity index is 1.73. The molecule has 0 unspecified atom stereocenters. The fourth-order valence-corrected chi connectivity index (χ4v) is 3.92. The van der Waals surface area contributed by atoms with Crippen LogP contribution < -0.4 is 0 Å². The average molecular weight is 338 g/mol. The molecule has 3 rings (SSSR count). The summed E-state index contributed by atoms with van der Waals surface area (Å²) in [5.41, 5.74) is 2.73. The van der Waals surface area contributed by atoms with Crippen molar-refractivity contribution in [1.29, 1.82) is 0 Å². The van der Waals surface area contributed by atoms with E-state index in [9.17, 15) is 0 Å². The summed E-state index contributed by atoms with van der Waals surface area (Å²) in [5.74, 6) is 0.565. The molecule has 25 heavy (non-hydrogen) atoms. The van der Waals surface area contributed by atoms with Crippen LogP contribution >= 0.6 is 0 Å². The molecule has 1 saturated heterocycles. The maximum absolute atomic E-state index is 6.53. The summed E-state index contributed by atoms with van der Waals surface area (Å²) in [7, 11) is 2.21. The largest absolute Gasteiger partial charge is 0.354 e. The topological polar surface area (TPSA) is 12.5 Å². The van der Waals surface area contributed by atoms with E-state index in [4.69, 9.17) is 4.74 Å². The minimum absolute atomic E-state index is 0.166. The van der Waals surface area contributed by atoms with Crippen molar-refractivity contribution in [1.82, 2.24) is 4.90 Å². The molecule has 1 aliphatic rings. The molecule has 0 radical (unpaired) electrons. The first kappa shape index (κ1) is 18.2. The zero-order valence-electron chi connectivity index (χ0n) is 15.8. The lowest BCUT2D eigenvalue weighted by molar-refractivity contribution is -0.00340. The van der Waals surface area contributed by atoms with E-state index in [2.05, 4.69) is 86.5 Å². The second-order valence-corrected chi connectivity index (χ2v) is 7.31. The van der Waals surface area contributed by atoms with Crippen molar-refractivity contribution in [2.24, 2.45) is 0 Å². The molecular formula is C23H31NO. The molecule has 134 valence electrons. The van der Waals surface area contributed by atoms with Gasteiger partial charge >= 0.3 is 0 Å². The number of rotatable bonds is 7. The van der Waals surface area contributed by atoms with Gasteiger partial charge in [0, 0.05) is 6.04 Å². The number of hydrogen-bond acceptors (Lipinski definition) is 2. The van der Waals surface area contributed by atoms with Gasteiger partial charge in [-0.15, -0.1) is 0 Å². The predicted octanol–water partition coefficient (Wildman–Crippen LogP) is 5.77. The van der Waals surface area contributed by atoms with Crippen LogP contribution in [0.2, 0.25) is 0 Å². The van der Waals surface area contributed by atoms with Gasteiger partial charge in [0.05, 0.1) is 6.10 Å². The number of hydrogen-bond donors (Lipinski definition) is 0. The summed E-state index contributed by atoms with van der Waals surface area (Å²) in [6, 6.07) is 22.0. The quantitative estimate of drug-likeness (QED) is 0.636. The Bertz CT molecular complexity index is 627. The molecule has 2 nitrogen and oxygen atoms in total. The van der Waals surface area contributed by atoms with Gasteiger partial charge < -0.3 is 4.74 Å². The molecule has 0 amide bonds. The lowest BCUT2D eigenvalue weighted by atomic mass is 9.90. The Kier molecular flexibility index (Phi) is 6.28. The molecule has 0 aromatic heterocycles. The molecule has 2 aromatic rings. The van der Waals surface area contributed by atoms with Crippen molar-refractivity contribution < 1.29 is 4.74 Å². The molecule has 1 heterocycles. The van der Waals surface area contributed by atoms with Gasteiger partial charge in [-0.1, -0.05) is 80.4 Å². The Labute approximate surface area is 152 Å². The highest BCUT2D eigenvalue weighted by Gasteiger charge is 2.38. The Morgan fingerprint density at radius 3 is 2.28 bits per heavy atom. The molecule has 2 heteroatoms. The fraction of sp³-hybridized carbons (Fsp3) is 0.478. The van der Waals surface area contributed by atoms with Gasteiger partial charge in [0.1, 0.15) is 6.23 Å². The minimum atomic E-state index is 0.166. The highest BCUT2D eigenvalue weighted by Crippen LogP contribution is 2.38. The maximum atomic E-state index is 6.53. The molecule has 0 spiro atoms. The van der Waals surface area contributed by atoms with Crippen LogP contribution in [0.25, 0.3) is 0 Å². The van der Waals surface area contributed by atoms with E-state index in [-0.39, 0.29) is 12.3 Å². The van der Waals surface area contributed by atoms with Gasteiger partial charge in [0.25, 0.3) is 0 Å². The van der Waals surface area contributed by atoms with Gasteiger partial charge in [-0.25, -0.2) is 0 Å². The molecule has 0 N–H and O–H groups in total. The van der Waals surface area contributed by atoms with Crippen LogP contribution in [0.3, 0.4) is 0 Å². The zero-order valence-corrected chi connectivity index (χ0v) is 15.8. The minimum Gasteiger partial charge on any atom is -0.354 e. The predicted molar refractivity (Wildman–Crippen MR) is 105 cm³/mol. The summed E-state index contributed by atoms with van der Waals surface area (Å²) in [5, 5.41) is 0. The van der Waals surface area contributed by atoms with Crippen molar-refractivity contribution in [2.75, 3.05) is 7.05 Å². The van der Waals surface area contributed by atoms with E-state index in [0.717, 1.165) is 6.42 Å². The van der Waals surface area contributed by atoms with Crippen LogP contribution in [0.4, 0.5) is 0 Å². The zero-order chi connectivity index (χ0) is 17.6. The molecule has 1 aliphatic heterocycles. The Morgan fingerprint density at radius 2 is 1.64 bits per heavy atom. The summed E-state index contributed by atoms with van der Waals surface area (Å²) >= 11 is 0. The lowest BCUT2D eigenvalue weighted by Gasteiger charge is -2.26. The standard InChI is InChI=1S/C23H31NO/c1-4-5-12-21(19-13-8-6-9-14-19)17-22-24(3)18(2)23(25-22)20-15-10-7-11-16-20/h6-11,13-16,18,21-23H,4-5,12,17H2,1-3H3/t18-,21+,22-,23-/m0/s1. The van der Waals surface area contributed by atoms with Crippen LogP contribution in [-0.4, -0.2) is 24.2 Å². The summed E-state index contributed by atoms with van der Waals surface area (Å²) in [6.07, 6.45) is 5.16. The molecular weight excluding hydrogens is 306 g/mol. The molecule has 4 atom stereocenters. The van der Waals surface area contributed by atoms with Crippen LogP contribution in [0.5, 0.6) is 0 Å². The van der Waals surface area contributed by atoms with E-state index >= 15 is 0 Å². The molecule has 0 saturated carbocycles. The van der Waals surface area contributed by atoms with Crippen LogP contribution in [0, 0.1) is 0 Å². The first-order valence-corrected chi connectivity index (χ1v) is 9.68. The van der Waals surface area contributed by atoms with Crippen LogP contribution in [0.15, 0.2) is 60.7 Å². The summed E-state index contributed by atoms with van der Waals surface area (Å²) in [6.45, 7) is 4.55. The smallest absolute Gasteiger partial charge is 0.112 e. The lowest BCUT2D eigenvalue weighted by Crippen LogP contribution is -2.32. The second-order valence-electron chi connectivity index (χ2n) is 7.31. The van der Waals surface area contributed by atoms with E-state index in [1.807, 2.05) is 0 Å². The number of ether oxygens (including phenoxy) is 1. The third kappa shape index (κ3) is 4.31. The van der Waals surface area contributed by atoms with Crippen molar-refractivity contribution >= 4 is 0 Å². The van der Waals surface area contributed by atoms with Crippen molar-refractivity contribution in [3.63, 3.8) is 0 Å². The third-order valence-corrected chi connectivity index (χ3v) is 5.63. The van der Waals surface area contributed by atoms with E-state index in [0.29, 0.717) is 12.0 Å².